The molecule has 1 fully saturated rings. The summed E-state index contributed by atoms with van der Waals surface area (Å²) in [7, 11) is 0. The molecule has 1 aliphatic heterocycles. The minimum absolute atomic E-state index is 0.314. The van der Waals surface area contributed by atoms with Crippen LogP contribution in [0.3, 0.4) is 0 Å². The Kier molecular flexibility index (Phi) is 2.81. The van der Waals surface area contributed by atoms with E-state index in [1.807, 2.05) is 0 Å². The fourth-order valence-electron chi connectivity index (χ4n) is 1.92. The number of primary amides is 1. The molecule has 1 atom stereocenters. The van der Waals surface area contributed by atoms with Crippen molar-refractivity contribution in [3.63, 3.8) is 0 Å². The summed E-state index contributed by atoms with van der Waals surface area (Å²) < 4.78 is 27.6. The number of nitrogens with two attached hydrogens (primary N) is 1. The molecule has 0 aromatic carbocycles. The van der Waals surface area contributed by atoms with Gasteiger partial charge in [-0.25, -0.2) is 13.6 Å². The maximum absolute atomic E-state index is 13.5. The number of hydrogen-bond donors (Lipinski definition) is 1. The van der Waals surface area contributed by atoms with Crippen molar-refractivity contribution in [3.8, 4) is 0 Å². The lowest BCUT2D eigenvalue weighted by Gasteiger charge is -2.47. The standard InChI is InChI=1S/C10H10BrF2N3O/c1-5-7(2-6(11)3-15-5)8-10(12,13)4-16(8)9(14)17/h2-3,8H,4H2,1H3,(H2,14,17). The van der Waals surface area contributed by atoms with E-state index in [0.717, 1.165) is 4.90 Å². The first-order chi connectivity index (χ1) is 7.83. The third-order valence-electron chi connectivity index (χ3n) is 2.76. The van der Waals surface area contributed by atoms with Crippen LogP contribution in [0.25, 0.3) is 0 Å². The third-order valence-corrected chi connectivity index (χ3v) is 3.20. The van der Waals surface area contributed by atoms with E-state index in [1.165, 1.54) is 12.3 Å². The number of aryl methyl sites for hydroxylation is 1. The normalized spacial score (nSPS) is 22.1. The topological polar surface area (TPSA) is 59.2 Å². The lowest BCUT2D eigenvalue weighted by atomic mass is 9.90. The van der Waals surface area contributed by atoms with Crippen LogP contribution >= 0.6 is 15.9 Å². The highest BCUT2D eigenvalue weighted by Gasteiger charge is 2.57. The molecule has 0 bridgehead atoms. The summed E-state index contributed by atoms with van der Waals surface area (Å²) in [6.45, 7) is 0.980. The van der Waals surface area contributed by atoms with Crippen LogP contribution in [0.5, 0.6) is 0 Å². The van der Waals surface area contributed by atoms with Crippen molar-refractivity contribution in [1.82, 2.24) is 9.88 Å². The van der Waals surface area contributed by atoms with E-state index in [-0.39, 0.29) is 0 Å². The Hall–Kier alpha value is -1.24. The lowest BCUT2D eigenvalue weighted by molar-refractivity contribution is -0.163. The molecule has 1 aromatic rings. The Morgan fingerprint density at radius 1 is 1.71 bits per heavy atom. The van der Waals surface area contributed by atoms with Crippen molar-refractivity contribution in [3.05, 3.63) is 28.0 Å². The van der Waals surface area contributed by atoms with Gasteiger partial charge in [-0.15, -0.1) is 0 Å². The highest BCUT2D eigenvalue weighted by Crippen LogP contribution is 2.46. The molecule has 0 aliphatic carbocycles. The van der Waals surface area contributed by atoms with Crippen LogP contribution in [0.1, 0.15) is 17.3 Å². The third kappa shape index (κ3) is 1.99. The first-order valence-corrected chi connectivity index (χ1v) is 5.68. The zero-order chi connectivity index (χ0) is 12.8. The predicted octanol–water partition coefficient (Wildman–Crippen LogP) is 2.22. The maximum Gasteiger partial charge on any atom is 0.315 e. The largest absolute Gasteiger partial charge is 0.351 e. The second-order valence-corrected chi connectivity index (χ2v) is 4.87. The summed E-state index contributed by atoms with van der Waals surface area (Å²) in [5.41, 5.74) is 5.83. The second kappa shape index (κ2) is 3.90. The maximum atomic E-state index is 13.5. The van der Waals surface area contributed by atoms with Gasteiger partial charge in [0.05, 0.1) is 6.54 Å². The van der Waals surface area contributed by atoms with Crippen LogP contribution in [0, 0.1) is 6.92 Å². The molecule has 2 heterocycles. The lowest BCUT2D eigenvalue weighted by Crippen LogP contribution is -2.62. The molecule has 1 aromatic heterocycles. The number of rotatable bonds is 1. The Morgan fingerprint density at radius 2 is 2.35 bits per heavy atom. The first-order valence-electron chi connectivity index (χ1n) is 4.89. The summed E-state index contributed by atoms with van der Waals surface area (Å²) in [5, 5.41) is 0. The van der Waals surface area contributed by atoms with E-state index in [0.29, 0.717) is 15.7 Å². The molecule has 4 nitrogen and oxygen atoms in total. The molecule has 1 saturated heterocycles. The molecule has 2 amide bonds. The van der Waals surface area contributed by atoms with Crippen molar-refractivity contribution >= 4 is 22.0 Å². The average molecular weight is 306 g/mol. The molecule has 1 aliphatic rings. The molecule has 2 rings (SSSR count). The van der Waals surface area contributed by atoms with E-state index >= 15 is 0 Å². The molecule has 0 spiro atoms. The van der Waals surface area contributed by atoms with Gasteiger partial charge in [-0.1, -0.05) is 0 Å². The molecule has 1 unspecified atom stereocenters. The molecule has 92 valence electrons. The molecule has 17 heavy (non-hydrogen) atoms. The van der Waals surface area contributed by atoms with Gasteiger partial charge in [0.15, 0.2) is 0 Å². The van der Waals surface area contributed by atoms with Gasteiger partial charge in [-0.3, -0.25) is 4.98 Å². The van der Waals surface area contributed by atoms with Gasteiger partial charge in [0.2, 0.25) is 0 Å². The highest BCUT2D eigenvalue weighted by atomic mass is 79.9. The molecular formula is C10H10BrF2N3O. The van der Waals surface area contributed by atoms with Gasteiger partial charge < -0.3 is 10.6 Å². The minimum atomic E-state index is -2.96. The molecule has 0 saturated carbocycles. The van der Waals surface area contributed by atoms with Gasteiger partial charge >= 0.3 is 6.03 Å². The predicted molar refractivity (Wildman–Crippen MR) is 60.7 cm³/mol. The molecular weight excluding hydrogens is 296 g/mol. The van der Waals surface area contributed by atoms with Crippen LogP contribution in [0.4, 0.5) is 13.6 Å². The Balaban J connectivity index is 2.43. The SMILES string of the molecule is Cc1ncc(Br)cc1C1N(C(N)=O)CC1(F)F. The minimum Gasteiger partial charge on any atom is -0.351 e. The van der Waals surface area contributed by atoms with Gasteiger partial charge in [-0.2, -0.15) is 0 Å². The monoisotopic (exact) mass is 305 g/mol. The molecule has 2 N–H and O–H groups in total. The van der Waals surface area contributed by atoms with Crippen molar-refractivity contribution < 1.29 is 13.6 Å². The zero-order valence-electron chi connectivity index (χ0n) is 8.95. The zero-order valence-corrected chi connectivity index (χ0v) is 10.5. The van der Waals surface area contributed by atoms with Gasteiger partial charge in [0.25, 0.3) is 5.92 Å². The van der Waals surface area contributed by atoms with E-state index in [9.17, 15) is 13.6 Å². The summed E-state index contributed by atoms with van der Waals surface area (Å²) in [6, 6.07) is -0.624. The summed E-state index contributed by atoms with van der Waals surface area (Å²) >= 11 is 3.17. The van der Waals surface area contributed by atoms with Crippen LogP contribution in [0.15, 0.2) is 16.7 Å². The number of aromatic nitrogens is 1. The molecule has 0 radical (unpaired) electrons. The van der Waals surface area contributed by atoms with Gasteiger partial charge in [0.1, 0.15) is 6.04 Å². The van der Waals surface area contributed by atoms with E-state index < -0.39 is 24.5 Å². The van der Waals surface area contributed by atoms with Crippen molar-refractivity contribution in [2.45, 2.75) is 18.9 Å². The number of halogens is 3. The van der Waals surface area contributed by atoms with Crippen molar-refractivity contribution in [2.24, 2.45) is 5.73 Å². The van der Waals surface area contributed by atoms with Crippen LogP contribution in [-0.2, 0) is 0 Å². The summed E-state index contributed by atoms with van der Waals surface area (Å²) in [5.74, 6) is -2.96. The fourth-order valence-corrected chi connectivity index (χ4v) is 2.27. The smallest absolute Gasteiger partial charge is 0.315 e. The quantitative estimate of drug-likeness (QED) is 0.865. The number of urea groups is 1. The fraction of sp³-hybridized carbons (Fsp3) is 0.400. The Morgan fingerprint density at radius 3 is 2.88 bits per heavy atom. The second-order valence-electron chi connectivity index (χ2n) is 3.96. The van der Waals surface area contributed by atoms with Crippen LogP contribution in [-0.4, -0.2) is 28.4 Å². The average Bonchev–Trinajstić information content (AvgIpc) is 2.20. The number of nitrogens with zero attached hydrogens (tertiary/aromatic N) is 2. The summed E-state index contributed by atoms with van der Waals surface area (Å²) in [6.07, 6.45) is 1.52. The number of hydrogen-bond acceptors (Lipinski definition) is 2. The Bertz CT molecular complexity index is 481. The number of carbonyl (C=O) groups excluding carboxylic acids is 1. The number of amides is 2. The number of pyridine rings is 1. The number of carbonyl (C=O) groups is 1. The Labute approximate surface area is 105 Å². The van der Waals surface area contributed by atoms with E-state index in [2.05, 4.69) is 20.9 Å². The number of likely N-dealkylation sites (tertiary alicyclic amines) is 1. The van der Waals surface area contributed by atoms with E-state index in [4.69, 9.17) is 5.73 Å². The van der Waals surface area contributed by atoms with Crippen molar-refractivity contribution in [1.29, 1.82) is 0 Å². The molecule has 7 heteroatoms. The highest BCUT2D eigenvalue weighted by molar-refractivity contribution is 9.10. The van der Waals surface area contributed by atoms with Crippen LogP contribution < -0.4 is 5.73 Å². The van der Waals surface area contributed by atoms with Gasteiger partial charge in [-0.05, 0) is 28.9 Å². The number of alkyl halides is 2. The van der Waals surface area contributed by atoms with Crippen LogP contribution in [0.2, 0.25) is 0 Å². The first kappa shape index (κ1) is 12.2. The van der Waals surface area contributed by atoms with Gasteiger partial charge in [0, 0.05) is 21.9 Å². The van der Waals surface area contributed by atoms with Crippen molar-refractivity contribution in [2.75, 3.05) is 6.54 Å². The van der Waals surface area contributed by atoms with E-state index in [1.54, 1.807) is 6.92 Å². The summed E-state index contributed by atoms with van der Waals surface area (Å²) in [4.78, 5) is 16.0.